The van der Waals surface area contributed by atoms with Gasteiger partial charge in [0.25, 0.3) is 5.91 Å². The van der Waals surface area contributed by atoms with E-state index in [1.54, 1.807) is 0 Å². The fourth-order valence-electron chi connectivity index (χ4n) is 1.30. The van der Waals surface area contributed by atoms with Gasteiger partial charge in [0, 0.05) is 0 Å². The molecule has 1 heterocycles. The van der Waals surface area contributed by atoms with Gasteiger partial charge in [-0.15, -0.1) is 0 Å². The number of aromatic nitrogens is 1. The van der Waals surface area contributed by atoms with Gasteiger partial charge in [-0.3, -0.25) is 4.79 Å². The first-order valence-corrected chi connectivity index (χ1v) is 5.15. The van der Waals surface area contributed by atoms with E-state index in [0.29, 0.717) is 5.69 Å². The zero-order chi connectivity index (χ0) is 12.3. The van der Waals surface area contributed by atoms with Gasteiger partial charge in [0.2, 0.25) is 0 Å². The van der Waals surface area contributed by atoms with E-state index in [4.69, 9.17) is 16.0 Å². The topological polar surface area (TPSA) is 55.1 Å². The fourth-order valence-corrected chi connectivity index (χ4v) is 1.55. The summed E-state index contributed by atoms with van der Waals surface area (Å²) in [4.78, 5) is 15.5. The Kier molecular flexibility index (Phi) is 3.39. The Labute approximate surface area is 101 Å². The van der Waals surface area contributed by atoms with Crippen molar-refractivity contribution in [3.63, 3.8) is 0 Å². The minimum absolute atomic E-state index is 0.0719. The Balaban J connectivity index is 2.10. The Bertz CT molecular complexity index is 508. The average molecular weight is 255 g/mol. The number of amides is 1. The average Bonchev–Trinajstić information content (AvgIpc) is 2.79. The molecule has 1 N–H and O–H groups in total. The second-order valence-electron chi connectivity index (χ2n) is 3.26. The van der Waals surface area contributed by atoms with Crippen molar-refractivity contribution in [2.24, 2.45) is 0 Å². The monoisotopic (exact) mass is 254 g/mol. The number of hydrogen-bond donors (Lipinski definition) is 1. The summed E-state index contributed by atoms with van der Waals surface area (Å²) in [5.74, 6) is -1.24. The number of benzene rings is 1. The van der Waals surface area contributed by atoms with Gasteiger partial charge in [-0.2, -0.15) is 0 Å². The number of hydrogen-bond acceptors (Lipinski definition) is 3. The third-order valence-electron chi connectivity index (χ3n) is 2.10. The van der Waals surface area contributed by atoms with E-state index in [1.807, 2.05) is 0 Å². The minimum Gasteiger partial charge on any atom is -0.451 e. The molecule has 0 fully saturated rings. The maximum absolute atomic E-state index is 13.4. The van der Waals surface area contributed by atoms with Gasteiger partial charge in [-0.25, -0.2) is 9.37 Å². The Morgan fingerprint density at radius 1 is 1.53 bits per heavy atom. The largest absolute Gasteiger partial charge is 0.451 e. The highest BCUT2D eigenvalue weighted by Gasteiger charge is 2.15. The number of oxazole rings is 1. The second-order valence-corrected chi connectivity index (χ2v) is 3.67. The van der Waals surface area contributed by atoms with Crippen molar-refractivity contribution >= 4 is 17.5 Å². The molecule has 17 heavy (non-hydrogen) atoms. The van der Waals surface area contributed by atoms with E-state index in [-0.39, 0.29) is 17.1 Å². The zero-order valence-electron chi connectivity index (χ0n) is 8.61. The van der Waals surface area contributed by atoms with Crippen molar-refractivity contribution in [1.82, 2.24) is 10.3 Å². The van der Waals surface area contributed by atoms with Crippen LogP contribution in [0.5, 0.6) is 0 Å². The molecule has 0 unspecified atom stereocenters. The number of rotatable bonds is 3. The number of carbonyl (C=O) groups is 1. The van der Waals surface area contributed by atoms with Crippen molar-refractivity contribution in [1.29, 1.82) is 0 Å². The number of halogens is 2. The highest BCUT2D eigenvalue weighted by Crippen LogP contribution is 2.18. The van der Waals surface area contributed by atoms with Crippen LogP contribution in [0.2, 0.25) is 5.02 Å². The van der Waals surface area contributed by atoms with Crippen molar-refractivity contribution in [2.75, 3.05) is 0 Å². The predicted octanol–water partition coefficient (Wildman–Crippen LogP) is 2.40. The molecule has 88 valence electrons. The van der Waals surface area contributed by atoms with Gasteiger partial charge in [-0.1, -0.05) is 17.7 Å². The van der Waals surface area contributed by atoms with Crippen LogP contribution in [0.3, 0.4) is 0 Å². The molecule has 0 spiro atoms. The fraction of sp³-hybridized carbons (Fsp3) is 0.0909. The molecule has 4 nitrogen and oxygen atoms in total. The number of nitrogens with zero attached hydrogens (tertiary/aromatic N) is 1. The molecular formula is C11H8ClFN2O2. The van der Waals surface area contributed by atoms with Crippen LogP contribution in [-0.2, 0) is 6.54 Å². The summed E-state index contributed by atoms with van der Waals surface area (Å²) in [6, 6.07) is 4.07. The molecule has 1 aromatic carbocycles. The Morgan fingerprint density at radius 3 is 3.00 bits per heavy atom. The lowest BCUT2D eigenvalue weighted by Crippen LogP contribution is -2.24. The summed E-state index contributed by atoms with van der Waals surface area (Å²) in [6.07, 6.45) is 2.64. The van der Waals surface area contributed by atoms with Crippen LogP contribution >= 0.6 is 11.6 Å². The van der Waals surface area contributed by atoms with Crippen LogP contribution in [0.15, 0.2) is 35.3 Å². The molecule has 0 radical (unpaired) electrons. The van der Waals surface area contributed by atoms with Crippen LogP contribution in [0.25, 0.3) is 0 Å². The maximum Gasteiger partial charge on any atom is 0.256 e. The van der Waals surface area contributed by atoms with Crippen molar-refractivity contribution in [3.05, 3.63) is 53.0 Å². The normalized spacial score (nSPS) is 10.2. The molecule has 2 aromatic rings. The highest BCUT2D eigenvalue weighted by molar-refractivity contribution is 6.33. The van der Waals surface area contributed by atoms with Crippen molar-refractivity contribution < 1.29 is 13.6 Å². The molecular weight excluding hydrogens is 247 g/mol. The van der Waals surface area contributed by atoms with Crippen molar-refractivity contribution in [2.45, 2.75) is 6.54 Å². The summed E-state index contributed by atoms with van der Waals surface area (Å²) >= 11 is 5.75. The summed E-state index contributed by atoms with van der Waals surface area (Å²) in [7, 11) is 0. The SMILES string of the molecule is O=C(NCc1cocn1)c1c(F)cccc1Cl. The molecule has 0 atom stereocenters. The molecule has 0 saturated heterocycles. The summed E-state index contributed by atoms with van der Waals surface area (Å²) < 4.78 is 18.1. The van der Waals surface area contributed by atoms with Gasteiger partial charge >= 0.3 is 0 Å². The summed E-state index contributed by atoms with van der Waals surface area (Å²) in [5, 5.41) is 2.57. The van der Waals surface area contributed by atoms with Gasteiger partial charge in [0.1, 0.15) is 12.1 Å². The van der Waals surface area contributed by atoms with E-state index in [2.05, 4.69) is 10.3 Å². The molecule has 2 rings (SSSR count). The van der Waals surface area contributed by atoms with E-state index < -0.39 is 11.7 Å². The summed E-state index contributed by atoms with van der Waals surface area (Å²) in [5.41, 5.74) is 0.378. The molecule has 0 aliphatic carbocycles. The number of carbonyl (C=O) groups excluding carboxylic acids is 1. The molecule has 0 aliphatic rings. The van der Waals surface area contributed by atoms with E-state index >= 15 is 0 Å². The lowest BCUT2D eigenvalue weighted by molar-refractivity contribution is 0.0946. The van der Waals surface area contributed by atoms with Crippen LogP contribution in [0.1, 0.15) is 16.1 Å². The van der Waals surface area contributed by atoms with Crippen LogP contribution in [0, 0.1) is 5.82 Å². The molecule has 6 heteroatoms. The van der Waals surface area contributed by atoms with Crippen LogP contribution < -0.4 is 5.32 Å². The predicted molar refractivity (Wildman–Crippen MR) is 59.1 cm³/mol. The maximum atomic E-state index is 13.4. The van der Waals surface area contributed by atoms with Crippen molar-refractivity contribution in [3.8, 4) is 0 Å². The standard InChI is InChI=1S/C11H8ClFN2O2/c12-8-2-1-3-9(13)10(8)11(16)14-4-7-5-17-6-15-7/h1-3,5-6H,4H2,(H,14,16). The molecule has 0 bridgehead atoms. The molecule has 1 amide bonds. The van der Waals surface area contributed by atoms with Gasteiger partial charge < -0.3 is 9.73 Å². The van der Waals surface area contributed by atoms with Gasteiger partial charge in [-0.05, 0) is 12.1 Å². The summed E-state index contributed by atoms with van der Waals surface area (Å²) in [6.45, 7) is 0.153. The first kappa shape index (κ1) is 11.6. The lowest BCUT2D eigenvalue weighted by atomic mass is 10.2. The first-order chi connectivity index (χ1) is 8.18. The third kappa shape index (κ3) is 2.62. The van der Waals surface area contributed by atoms with E-state index in [1.165, 1.54) is 30.9 Å². The van der Waals surface area contributed by atoms with Gasteiger partial charge in [0.15, 0.2) is 6.39 Å². The van der Waals surface area contributed by atoms with Crippen LogP contribution in [-0.4, -0.2) is 10.9 Å². The smallest absolute Gasteiger partial charge is 0.256 e. The Hall–Kier alpha value is -1.88. The second kappa shape index (κ2) is 4.97. The molecule has 0 aliphatic heterocycles. The quantitative estimate of drug-likeness (QED) is 0.915. The van der Waals surface area contributed by atoms with E-state index in [0.717, 1.165) is 0 Å². The minimum atomic E-state index is -0.657. The number of nitrogens with one attached hydrogen (secondary N) is 1. The van der Waals surface area contributed by atoms with E-state index in [9.17, 15) is 9.18 Å². The van der Waals surface area contributed by atoms with Gasteiger partial charge in [0.05, 0.1) is 22.8 Å². The molecule has 1 aromatic heterocycles. The van der Waals surface area contributed by atoms with Crippen LogP contribution in [0.4, 0.5) is 4.39 Å². The Morgan fingerprint density at radius 2 is 2.35 bits per heavy atom. The molecule has 0 saturated carbocycles. The highest BCUT2D eigenvalue weighted by atomic mass is 35.5. The zero-order valence-corrected chi connectivity index (χ0v) is 9.37. The lowest BCUT2D eigenvalue weighted by Gasteiger charge is -2.05. The first-order valence-electron chi connectivity index (χ1n) is 4.78. The third-order valence-corrected chi connectivity index (χ3v) is 2.42.